The van der Waals surface area contributed by atoms with E-state index in [0.29, 0.717) is 18.7 Å². The summed E-state index contributed by atoms with van der Waals surface area (Å²) in [7, 11) is 1.77. The van der Waals surface area contributed by atoms with Crippen LogP contribution in [0.1, 0.15) is 48.0 Å². The number of phenolic OH excluding ortho intramolecular Hbond substituents is 1. The molecule has 0 saturated carbocycles. The van der Waals surface area contributed by atoms with Crippen LogP contribution in [0.5, 0.6) is 5.75 Å². The van der Waals surface area contributed by atoms with E-state index in [1.807, 2.05) is 18.2 Å². The highest BCUT2D eigenvalue weighted by Gasteiger charge is 2.16. The lowest BCUT2D eigenvalue weighted by Gasteiger charge is -2.18. The zero-order valence-corrected chi connectivity index (χ0v) is 18.1. The lowest BCUT2D eigenvalue weighted by atomic mass is 9.86. The molecule has 3 aromatic rings. The molecule has 2 aromatic carbocycles. The molecular formula is C25H29N3O2. The molecule has 0 bridgehead atoms. The molecule has 0 aliphatic carbocycles. The monoisotopic (exact) mass is 403 g/mol. The van der Waals surface area contributed by atoms with Gasteiger partial charge in [0.2, 0.25) is 0 Å². The summed E-state index contributed by atoms with van der Waals surface area (Å²) >= 11 is 0. The van der Waals surface area contributed by atoms with E-state index >= 15 is 0 Å². The standard InChI is InChI=1S/C25H29N3O2/c1-6-7-19-14-17(8-13-23(19)29)16-26-24(30)22-15-21(27-28(22)5)18-9-11-20(12-10-18)25(2,3)4/h6,8-15,29H,1,7,16H2,2-5H3,(H,26,30). The zero-order valence-electron chi connectivity index (χ0n) is 18.1. The van der Waals surface area contributed by atoms with Crippen LogP contribution in [-0.4, -0.2) is 20.8 Å². The van der Waals surface area contributed by atoms with Crippen molar-refractivity contribution in [2.24, 2.45) is 7.05 Å². The number of aromatic hydroxyl groups is 1. The largest absolute Gasteiger partial charge is 0.508 e. The Balaban J connectivity index is 1.73. The van der Waals surface area contributed by atoms with Gasteiger partial charge in [-0.2, -0.15) is 5.10 Å². The van der Waals surface area contributed by atoms with Gasteiger partial charge >= 0.3 is 0 Å². The van der Waals surface area contributed by atoms with E-state index in [1.165, 1.54) is 5.56 Å². The first kappa shape index (κ1) is 21.4. The van der Waals surface area contributed by atoms with E-state index < -0.39 is 0 Å². The predicted octanol–water partition coefficient (Wildman–Crippen LogP) is 4.75. The Kier molecular flexibility index (Phi) is 6.11. The molecule has 0 unspecified atom stereocenters. The van der Waals surface area contributed by atoms with Crippen LogP contribution in [-0.2, 0) is 25.4 Å². The Labute approximate surface area is 178 Å². The highest BCUT2D eigenvalue weighted by molar-refractivity contribution is 5.93. The van der Waals surface area contributed by atoms with Crippen molar-refractivity contribution in [2.75, 3.05) is 0 Å². The Morgan fingerprint density at radius 2 is 1.87 bits per heavy atom. The van der Waals surface area contributed by atoms with Gasteiger partial charge in [-0.25, -0.2) is 0 Å². The third-order valence-electron chi connectivity index (χ3n) is 5.12. The van der Waals surface area contributed by atoms with E-state index in [4.69, 9.17) is 0 Å². The average Bonchev–Trinajstić information content (AvgIpc) is 3.10. The van der Waals surface area contributed by atoms with E-state index in [1.54, 1.807) is 36.0 Å². The third kappa shape index (κ3) is 4.79. The van der Waals surface area contributed by atoms with Crippen molar-refractivity contribution in [1.29, 1.82) is 0 Å². The van der Waals surface area contributed by atoms with Gasteiger partial charge in [-0.3, -0.25) is 9.48 Å². The zero-order chi connectivity index (χ0) is 21.9. The molecule has 156 valence electrons. The molecule has 0 atom stereocenters. The second kappa shape index (κ2) is 8.57. The van der Waals surface area contributed by atoms with Crippen LogP contribution >= 0.6 is 0 Å². The molecule has 0 fully saturated rings. The smallest absolute Gasteiger partial charge is 0.269 e. The number of aryl methyl sites for hydroxylation is 1. The van der Waals surface area contributed by atoms with E-state index in [9.17, 15) is 9.90 Å². The van der Waals surface area contributed by atoms with Gasteiger partial charge in [-0.05, 0) is 40.7 Å². The van der Waals surface area contributed by atoms with E-state index in [0.717, 1.165) is 22.4 Å². The maximum absolute atomic E-state index is 12.7. The molecule has 1 amide bonds. The van der Waals surface area contributed by atoms with Gasteiger partial charge in [0.25, 0.3) is 5.91 Å². The Bertz CT molecular complexity index is 1060. The number of nitrogens with zero attached hydrogens (tertiary/aromatic N) is 2. The van der Waals surface area contributed by atoms with Crippen molar-refractivity contribution in [3.05, 3.63) is 83.6 Å². The molecule has 2 N–H and O–H groups in total. The first-order valence-electron chi connectivity index (χ1n) is 10.0. The quantitative estimate of drug-likeness (QED) is 0.584. The minimum Gasteiger partial charge on any atom is -0.508 e. The summed E-state index contributed by atoms with van der Waals surface area (Å²) in [5, 5.41) is 17.3. The highest BCUT2D eigenvalue weighted by atomic mass is 16.3. The number of carbonyl (C=O) groups is 1. The summed E-state index contributed by atoms with van der Waals surface area (Å²) in [6.07, 6.45) is 2.31. The summed E-state index contributed by atoms with van der Waals surface area (Å²) in [5.74, 6) is 0.0413. The van der Waals surface area contributed by atoms with Gasteiger partial charge in [-0.15, -0.1) is 6.58 Å². The van der Waals surface area contributed by atoms with Crippen LogP contribution < -0.4 is 5.32 Å². The Hall–Kier alpha value is -3.34. The van der Waals surface area contributed by atoms with Crippen molar-refractivity contribution in [1.82, 2.24) is 15.1 Å². The van der Waals surface area contributed by atoms with E-state index in [-0.39, 0.29) is 17.1 Å². The second-order valence-corrected chi connectivity index (χ2v) is 8.50. The third-order valence-corrected chi connectivity index (χ3v) is 5.12. The van der Waals surface area contributed by atoms with Crippen molar-refractivity contribution in [3.63, 3.8) is 0 Å². The number of hydrogen-bond acceptors (Lipinski definition) is 3. The first-order valence-corrected chi connectivity index (χ1v) is 10.0. The number of phenols is 1. The number of nitrogens with one attached hydrogen (secondary N) is 1. The van der Waals surface area contributed by atoms with Gasteiger partial charge < -0.3 is 10.4 Å². The number of amides is 1. The number of carbonyl (C=O) groups excluding carboxylic acids is 1. The summed E-state index contributed by atoms with van der Waals surface area (Å²) in [5.41, 5.74) is 5.29. The Morgan fingerprint density at radius 1 is 1.17 bits per heavy atom. The van der Waals surface area contributed by atoms with E-state index in [2.05, 4.69) is 49.9 Å². The van der Waals surface area contributed by atoms with Crippen molar-refractivity contribution >= 4 is 5.91 Å². The van der Waals surface area contributed by atoms with Crippen LogP contribution in [0.2, 0.25) is 0 Å². The van der Waals surface area contributed by atoms with Gasteiger partial charge in [0.15, 0.2) is 0 Å². The molecule has 0 aliphatic heterocycles. The number of aromatic nitrogens is 2. The minimum absolute atomic E-state index is 0.0907. The Morgan fingerprint density at radius 3 is 2.50 bits per heavy atom. The molecule has 5 nitrogen and oxygen atoms in total. The molecule has 30 heavy (non-hydrogen) atoms. The molecule has 5 heteroatoms. The summed E-state index contributed by atoms with van der Waals surface area (Å²) in [6.45, 7) is 10.6. The molecule has 0 spiro atoms. The predicted molar refractivity (Wildman–Crippen MR) is 121 cm³/mol. The summed E-state index contributed by atoms with van der Waals surface area (Å²) in [6, 6.07) is 15.4. The fraction of sp³-hybridized carbons (Fsp3) is 0.280. The topological polar surface area (TPSA) is 67.2 Å². The van der Waals surface area contributed by atoms with Crippen molar-refractivity contribution in [3.8, 4) is 17.0 Å². The van der Waals surface area contributed by atoms with Crippen molar-refractivity contribution in [2.45, 2.75) is 39.2 Å². The molecule has 0 aliphatic rings. The minimum atomic E-state index is -0.194. The number of allylic oxidation sites excluding steroid dienone is 1. The highest BCUT2D eigenvalue weighted by Crippen LogP contribution is 2.26. The number of rotatable bonds is 6. The fourth-order valence-electron chi connectivity index (χ4n) is 3.30. The second-order valence-electron chi connectivity index (χ2n) is 8.50. The molecule has 0 saturated heterocycles. The van der Waals surface area contributed by atoms with Gasteiger partial charge in [0, 0.05) is 19.2 Å². The molecular weight excluding hydrogens is 374 g/mol. The maximum Gasteiger partial charge on any atom is 0.269 e. The fourth-order valence-corrected chi connectivity index (χ4v) is 3.30. The normalized spacial score (nSPS) is 11.3. The van der Waals surface area contributed by atoms with Gasteiger partial charge in [-0.1, -0.05) is 63.2 Å². The van der Waals surface area contributed by atoms with Gasteiger partial charge in [0.1, 0.15) is 11.4 Å². The maximum atomic E-state index is 12.7. The molecule has 1 aromatic heterocycles. The summed E-state index contributed by atoms with van der Waals surface area (Å²) < 4.78 is 1.60. The first-order chi connectivity index (χ1) is 14.2. The summed E-state index contributed by atoms with van der Waals surface area (Å²) in [4.78, 5) is 12.7. The van der Waals surface area contributed by atoms with Crippen LogP contribution in [0.3, 0.4) is 0 Å². The molecule has 1 heterocycles. The van der Waals surface area contributed by atoms with Gasteiger partial charge in [0.05, 0.1) is 5.69 Å². The van der Waals surface area contributed by atoms with Crippen molar-refractivity contribution < 1.29 is 9.90 Å². The SMILES string of the molecule is C=CCc1cc(CNC(=O)c2cc(-c3ccc(C(C)(C)C)cc3)nn2C)ccc1O. The van der Waals surface area contributed by atoms with Crippen LogP contribution in [0, 0.1) is 0 Å². The number of benzene rings is 2. The molecule has 3 rings (SSSR count). The molecule has 0 radical (unpaired) electrons. The lowest BCUT2D eigenvalue weighted by Crippen LogP contribution is -2.25. The van der Waals surface area contributed by atoms with Crippen LogP contribution in [0.15, 0.2) is 61.2 Å². The lowest BCUT2D eigenvalue weighted by molar-refractivity contribution is 0.0941. The number of hydrogen-bond donors (Lipinski definition) is 2. The van der Waals surface area contributed by atoms with Crippen LogP contribution in [0.25, 0.3) is 11.3 Å². The van der Waals surface area contributed by atoms with Crippen LogP contribution in [0.4, 0.5) is 0 Å². The average molecular weight is 404 g/mol.